The number of Topliss-reactive ketones (excluding diaryl/α,β-unsaturated/α-hetero) is 1. The molecule has 1 aromatic carbocycles. The summed E-state index contributed by atoms with van der Waals surface area (Å²) in [5.74, 6) is 0.779. The summed E-state index contributed by atoms with van der Waals surface area (Å²) in [6.45, 7) is 3.81. The molecule has 0 aromatic heterocycles. The van der Waals surface area contributed by atoms with Crippen LogP contribution in [0.1, 0.15) is 68.3 Å². The second-order valence-electron chi connectivity index (χ2n) is 6.97. The number of nitrogens with one attached hydrogen (secondary N) is 1. The van der Waals surface area contributed by atoms with Gasteiger partial charge in [-0.25, -0.2) is 0 Å². The van der Waals surface area contributed by atoms with Crippen LogP contribution in [-0.2, 0) is 10.2 Å². The van der Waals surface area contributed by atoms with Gasteiger partial charge in [-0.05, 0) is 43.5 Å². The SMILES string of the molecule is CC1(C)C(=O)Nc2ccc(C(=O)CC3CCCCC3)cc21. The third kappa shape index (κ3) is 2.61. The molecule has 0 bridgehead atoms. The van der Waals surface area contributed by atoms with Crippen molar-refractivity contribution in [1.29, 1.82) is 0 Å². The molecule has 3 nitrogen and oxygen atoms in total. The molecule has 3 rings (SSSR count). The number of carbonyl (C=O) groups is 2. The van der Waals surface area contributed by atoms with Gasteiger partial charge in [0, 0.05) is 17.7 Å². The van der Waals surface area contributed by atoms with E-state index in [0.717, 1.165) is 16.8 Å². The van der Waals surface area contributed by atoms with Crippen molar-refractivity contribution in [2.24, 2.45) is 5.92 Å². The first-order valence-corrected chi connectivity index (χ1v) is 7.97. The monoisotopic (exact) mass is 285 g/mol. The van der Waals surface area contributed by atoms with Gasteiger partial charge < -0.3 is 5.32 Å². The van der Waals surface area contributed by atoms with Gasteiger partial charge in [0.25, 0.3) is 0 Å². The van der Waals surface area contributed by atoms with Crippen LogP contribution in [0.5, 0.6) is 0 Å². The first kappa shape index (κ1) is 14.3. The number of rotatable bonds is 3. The molecule has 0 radical (unpaired) electrons. The van der Waals surface area contributed by atoms with Crippen LogP contribution in [0.3, 0.4) is 0 Å². The van der Waals surface area contributed by atoms with Crippen molar-refractivity contribution in [3.63, 3.8) is 0 Å². The van der Waals surface area contributed by atoms with Crippen molar-refractivity contribution >= 4 is 17.4 Å². The molecule has 1 saturated carbocycles. The number of anilines is 1. The van der Waals surface area contributed by atoms with Gasteiger partial charge in [-0.1, -0.05) is 32.1 Å². The van der Waals surface area contributed by atoms with Crippen LogP contribution in [0.15, 0.2) is 18.2 Å². The maximum Gasteiger partial charge on any atom is 0.234 e. The van der Waals surface area contributed by atoms with Crippen LogP contribution in [0.4, 0.5) is 5.69 Å². The van der Waals surface area contributed by atoms with Gasteiger partial charge in [0.2, 0.25) is 5.91 Å². The molecule has 1 aromatic rings. The van der Waals surface area contributed by atoms with E-state index in [1.807, 2.05) is 32.0 Å². The van der Waals surface area contributed by atoms with Crippen LogP contribution in [0.2, 0.25) is 0 Å². The third-order valence-corrected chi connectivity index (χ3v) is 5.03. The number of amides is 1. The topological polar surface area (TPSA) is 46.2 Å². The van der Waals surface area contributed by atoms with E-state index in [0.29, 0.717) is 12.3 Å². The van der Waals surface area contributed by atoms with E-state index in [9.17, 15) is 9.59 Å². The van der Waals surface area contributed by atoms with Gasteiger partial charge >= 0.3 is 0 Å². The number of carbonyl (C=O) groups excluding carboxylic acids is 2. The van der Waals surface area contributed by atoms with Gasteiger partial charge in [-0.2, -0.15) is 0 Å². The molecule has 3 heteroatoms. The highest BCUT2D eigenvalue weighted by atomic mass is 16.2. The van der Waals surface area contributed by atoms with Crippen molar-refractivity contribution in [3.05, 3.63) is 29.3 Å². The van der Waals surface area contributed by atoms with Crippen LogP contribution in [-0.4, -0.2) is 11.7 Å². The van der Waals surface area contributed by atoms with Gasteiger partial charge in [0.15, 0.2) is 5.78 Å². The molecule has 1 aliphatic carbocycles. The molecule has 1 N–H and O–H groups in total. The minimum atomic E-state index is -0.545. The highest BCUT2D eigenvalue weighted by molar-refractivity contribution is 6.07. The second kappa shape index (κ2) is 5.28. The lowest BCUT2D eigenvalue weighted by Gasteiger charge is -2.21. The Morgan fingerprint density at radius 2 is 1.95 bits per heavy atom. The van der Waals surface area contributed by atoms with Gasteiger partial charge in [0.1, 0.15) is 0 Å². The highest BCUT2D eigenvalue weighted by Crippen LogP contribution is 2.38. The van der Waals surface area contributed by atoms with Crippen molar-refractivity contribution in [2.45, 2.75) is 57.8 Å². The molecular formula is C18H23NO2. The minimum Gasteiger partial charge on any atom is -0.325 e. The Morgan fingerprint density at radius 3 is 2.67 bits per heavy atom. The molecule has 112 valence electrons. The molecule has 1 amide bonds. The summed E-state index contributed by atoms with van der Waals surface area (Å²) in [6.07, 6.45) is 6.84. The van der Waals surface area contributed by atoms with E-state index < -0.39 is 5.41 Å². The molecule has 0 unspecified atom stereocenters. The summed E-state index contributed by atoms with van der Waals surface area (Å²) >= 11 is 0. The molecule has 2 aliphatic rings. The van der Waals surface area contributed by atoms with Crippen LogP contribution in [0, 0.1) is 5.92 Å². The molecule has 0 spiro atoms. The van der Waals surface area contributed by atoms with Gasteiger partial charge in [0.05, 0.1) is 5.41 Å². The Kier molecular flexibility index (Phi) is 3.60. The first-order valence-electron chi connectivity index (χ1n) is 7.97. The fraction of sp³-hybridized carbons (Fsp3) is 0.556. The fourth-order valence-corrected chi connectivity index (χ4v) is 3.52. The Labute approximate surface area is 126 Å². The summed E-state index contributed by atoms with van der Waals surface area (Å²) in [7, 11) is 0. The number of ketones is 1. The molecule has 1 fully saturated rings. The highest BCUT2D eigenvalue weighted by Gasteiger charge is 2.38. The summed E-state index contributed by atoms with van der Waals surface area (Å²) in [6, 6.07) is 5.64. The van der Waals surface area contributed by atoms with E-state index in [1.165, 1.54) is 32.1 Å². The van der Waals surface area contributed by atoms with Crippen LogP contribution < -0.4 is 5.32 Å². The Balaban J connectivity index is 1.79. The van der Waals surface area contributed by atoms with E-state index in [-0.39, 0.29) is 11.7 Å². The Hall–Kier alpha value is -1.64. The maximum atomic E-state index is 12.5. The third-order valence-electron chi connectivity index (χ3n) is 5.03. The molecule has 21 heavy (non-hydrogen) atoms. The largest absolute Gasteiger partial charge is 0.325 e. The molecule has 1 heterocycles. The summed E-state index contributed by atoms with van der Waals surface area (Å²) in [5.41, 5.74) is 2.00. The zero-order chi connectivity index (χ0) is 15.0. The quantitative estimate of drug-likeness (QED) is 0.851. The number of fused-ring (bicyclic) bond motifs is 1. The Morgan fingerprint density at radius 1 is 1.24 bits per heavy atom. The lowest BCUT2D eigenvalue weighted by Crippen LogP contribution is -2.27. The molecule has 0 saturated heterocycles. The zero-order valence-electron chi connectivity index (χ0n) is 12.9. The van der Waals surface area contributed by atoms with Gasteiger partial charge in [-0.15, -0.1) is 0 Å². The summed E-state index contributed by atoms with van der Waals surface area (Å²) in [4.78, 5) is 24.5. The lowest BCUT2D eigenvalue weighted by atomic mass is 9.82. The van der Waals surface area contributed by atoms with Crippen LogP contribution in [0.25, 0.3) is 0 Å². The number of hydrogen-bond acceptors (Lipinski definition) is 2. The van der Waals surface area contributed by atoms with E-state index in [1.54, 1.807) is 0 Å². The standard InChI is InChI=1S/C18H23NO2/c1-18(2)14-11-13(8-9-15(14)19-17(18)21)16(20)10-12-6-4-3-5-7-12/h8-9,11-12H,3-7,10H2,1-2H3,(H,19,21). The van der Waals surface area contributed by atoms with E-state index in [4.69, 9.17) is 0 Å². The lowest BCUT2D eigenvalue weighted by molar-refractivity contribution is -0.119. The van der Waals surface area contributed by atoms with E-state index >= 15 is 0 Å². The number of hydrogen-bond donors (Lipinski definition) is 1. The van der Waals surface area contributed by atoms with Crippen molar-refractivity contribution in [1.82, 2.24) is 0 Å². The summed E-state index contributed by atoms with van der Waals surface area (Å²) < 4.78 is 0. The maximum absolute atomic E-state index is 12.5. The van der Waals surface area contributed by atoms with E-state index in [2.05, 4.69) is 5.32 Å². The Bertz CT molecular complexity index is 583. The van der Waals surface area contributed by atoms with Crippen molar-refractivity contribution in [3.8, 4) is 0 Å². The smallest absolute Gasteiger partial charge is 0.234 e. The van der Waals surface area contributed by atoms with Crippen molar-refractivity contribution < 1.29 is 9.59 Å². The minimum absolute atomic E-state index is 0.00868. The fourth-order valence-electron chi connectivity index (χ4n) is 3.52. The first-order chi connectivity index (χ1) is 9.98. The van der Waals surface area contributed by atoms with Gasteiger partial charge in [-0.3, -0.25) is 9.59 Å². The summed E-state index contributed by atoms with van der Waals surface area (Å²) in [5, 5.41) is 2.88. The molecule has 0 atom stereocenters. The molecular weight excluding hydrogens is 262 g/mol. The number of benzene rings is 1. The average molecular weight is 285 g/mol. The predicted molar refractivity (Wildman–Crippen MR) is 83.6 cm³/mol. The molecule has 1 aliphatic heterocycles. The zero-order valence-corrected chi connectivity index (χ0v) is 12.9. The second-order valence-corrected chi connectivity index (χ2v) is 6.97. The van der Waals surface area contributed by atoms with Crippen molar-refractivity contribution in [2.75, 3.05) is 5.32 Å². The normalized spacial score (nSPS) is 21.0. The average Bonchev–Trinajstić information content (AvgIpc) is 2.70. The van der Waals surface area contributed by atoms with Crippen LogP contribution >= 0.6 is 0 Å². The predicted octanol–water partition coefficient (Wildman–Crippen LogP) is 4.07.